The van der Waals surface area contributed by atoms with Crippen molar-refractivity contribution >= 4 is 23.0 Å². The van der Waals surface area contributed by atoms with Crippen molar-refractivity contribution in [3.63, 3.8) is 0 Å². The van der Waals surface area contributed by atoms with Crippen LogP contribution in [-0.2, 0) is 28.3 Å². The van der Waals surface area contributed by atoms with Gasteiger partial charge in [0.1, 0.15) is 6.61 Å². The Morgan fingerprint density at radius 3 is 2.73 bits per heavy atom. The van der Waals surface area contributed by atoms with Gasteiger partial charge in [-0.1, -0.05) is 6.92 Å². The van der Waals surface area contributed by atoms with Crippen LogP contribution >= 0.6 is 0 Å². The van der Waals surface area contributed by atoms with E-state index in [1.54, 1.807) is 13.0 Å². The molecule has 2 aromatic heterocycles. The topological polar surface area (TPSA) is 123 Å². The van der Waals surface area contributed by atoms with Crippen molar-refractivity contribution in [2.45, 2.75) is 39.0 Å². The van der Waals surface area contributed by atoms with Gasteiger partial charge in [0.05, 0.1) is 29.0 Å². The number of aryl methyl sites for hydroxylation is 1. The normalized spacial score (nSPS) is 20.3. The summed E-state index contributed by atoms with van der Waals surface area (Å²) >= 11 is 0. The van der Waals surface area contributed by atoms with Gasteiger partial charge in [-0.3, -0.25) is 4.79 Å². The molecule has 1 atom stereocenters. The van der Waals surface area contributed by atoms with Crippen LogP contribution in [0.3, 0.4) is 0 Å². The highest BCUT2D eigenvalue weighted by Crippen LogP contribution is 2.40. The van der Waals surface area contributed by atoms with Crippen molar-refractivity contribution in [3.8, 4) is 17.1 Å². The minimum atomic E-state index is -1.92. The van der Waals surface area contributed by atoms with Gasteiger partial charge in [-0.15, -0.1) is 0 Å². The first-order chi connectivity index (χ1) is 17.7. The lowest BCUT2D eigenvalue weighted by atomic mass is 9.86. The molecule has 1 saturated heterocycles. The van der Waals surface area contributed by atoms with Gasteiger partial charge in [-0.2, -0.15) is 0 Å². The van der Waals surface area contributed by atoms with E-state index in [0.29, 0.717) is 48.5 Å². The number of ether oxygens (including phenoxy) is 2. The van der Waals surface area contributed by atoms with Crippen molar-refractivity contribution in [3.05, 3.63) is 56.6 Å². The third kappa shape index (κ3) is 3.45. The van der Waals surface area contributed by atoms with Crippen LogP contribution < -0.4 is 15.6 Å². The molecule has 0 aliphatic carbocycles. The lowest BCUT2D eigenvalue weighted by Crippen LogP contribution is -2.47. The molecular formula is C26H25FN4O6. The Kier molecular flexibility index (Phi) is 5.32. The molecule has 3 aliphatic rings. The Balaban J connectivity index is 1.45. The number of cyclic esters (lactones) is 1. The number of nitrogens with zero attached hydrogens (tertiary/aromatic N) is 3. The monoisotopic (exact) mass is 508 g/mol. The molecule has 37 heavy (non-hydrogen) atoms. The van der Waals surface area contributed by atoms with Crippen molar-refractivity contribution in [2.24, 2.45) is 0 Å². The van der Waals surface area contributed by atoms with Gasteiger partial charge in [-0.25, -0.2) is 19.0 Å². The summed E-state index contributed by atoms with van der Waals surface area (Å²) in [5.74, 6) is -1.71. The zero-order valence-corrected chi connectivity index (χ0v) is 20.4. The second-order valence-corrected chi connectivity index (χ2v) is 9.57. The second kappa shape index (κ2) is 8.35. The highest BCUT2D eigenvalue weighted by Gasteiger charge is 2.45. The average Bonchev–Trinajstić information content (AvgIpc) is 3.27. The van der Waals surface area contributed by atoms with E-state index in [1.165, 1.54) is 21.6 Å². The van der Waals surface area contributed by atoms with E-state index in [9.17, 15) is 19.5 Å². The molecule has 0 radical (unpaired) electrons. The molecule has 0 saturated carbocycles. The number of pyridine rings is 2. The zero-order valence-electron chi connectivity index (χ0n) is 20.4. The van der Waals surface area contributed by atoms with Gasteiger partial charge in [0.25, 0.3) is 5.56 Å². The number of aromatic nitrogens is 2. The van der Waals surface area contributed by atoms with Crippen LogP contribution in [-0.4, -0.2) is 57.8 Å². The molecule has 11 heteroatoms. The number of hydrogen-bond acceptors (Lipinski definition) is 8. The van der Waals surface area contributed by atoms with Crippen molar-refractivity contribution in [1.29, 1.82) is 0 Å². The number of esters is 1. The smallest absolute Gasteiger partial charge is 0.415 e. The third-order valence-corrected chi connectivity index (χ3v) is 7.60. The summed E-state index contributed by atoms with van der Waals surface area (Å²) in [7, 11) is 0. The number of rotatable bonds is 2. The number of carbonyl (C=O) groups is 2. The quantitative estimate of drug-likeness (QED) is 0.394. The number of amides is 1. The molecule has 5 heterocycles. The van der Waals surface area contributed by atoms with Gasteiger partial charge in [0, 0.05) is 48.8 Å². The number of aliphatic hydroxyl groups is 1. The van der Waals surface area contributed by atoms with Gasteiger partial charge in [0.2, 0.25) is 0 Å². The Morgan fingerprint density at radius 1 is 1.24 bits per heavy atom. The SMILES string of the molecule is CC[C@@]1(O)C(=O)OCc2c1cc1n(c2=O)Cc2c-1nc1cc(F)c(OC(=O)N3CCNCC3)cc1c2C. The minimum Gasteiger partial charge on any atom is -0.458 e. The largest absolute Gasteiger partial charge is 0.458 e. The molecular weight excluding hydrogens is 483 g/mol. The summed E-state index contributed by atoms with van der Waals surface area (Å²) < 4.78 is 27.0. The number of benzene rings is 1. The number of halogens is 1. The molecule has 0 unspecified atom stereocenters. The summed E-state index contributed by atoms with van der Waals surface area (Å²) in [5.41, 5.74) is 0.930. The van der Waals surface area contributed by atoms with Crippen molar-refractivity contribution < 1.29 is 28.6 Å². The van der Waals surface area contributed by atoms with Gasteiger partial charge < -0.3 is 29.4 Å². The Morgan fingerprint density at radius 2 is 2.00 bits per heavy atom. The summed E-state index contributed by atoms with van der Waals surface area (Å²) in [6, 6.07) is 4.29. The molecule has 3 aromatic rings. The van der Waals surface area contributed by atoms with Crippen LogP contribution in [0.15, 0.2) is 23.0 Å². The van der Waals surface area contributed by atoms with Gasteiger partial charge in [-0.05, 0) is 31.0 Å². The van der Waals surface area contributed by atoms with E-state index < -0.39 is 23.5 Å². The van der Waals surface area contributed by atoms with Crippen molar-refractivity contribution in [1.82, 2.24) is 19.8 Å². The fraction of sp³-hybridized carbons (Fsp3) is 0.385. The number of fused-ring (bicyclic) bond motifs is 5. The lowest BCUT2D eigenvalue weighted by molar-refractivity contribution is -0.172. The third-order valence-electron chi connectivity index (χ3n) is 7.60. The molecule has 1 fully saturated rings. The van der Waals surface area contributed by atoms with E-state index in [2.05, 4.69) is 10.3 Å². The highest BCUT2D eigenvalue weighted by atomic mass is 19.1. The van der Waals surface area contributed by atoms with Crippen LogP contribution in [0, 0.1) is 12.7 Å². The second-order valence-electron chi connectivity index (χ2n) is 9.57. The van der Waals surface area contributed by atoms with Crippen LogP contribution in [0.25, 0.3) is 22.3 Å². The Hall–Kier alpha value is -3.83. The molecule has 3 aliphatic heterocycles. The zero-order chi connectivity index (χ0) is 26.1. The first kappa shape index (κ1) is 23.6. The molecule has 10 nitrogen and oxygen atoms in total. The van der Waals surface area contributed by atoms with E-state index >= 15 is 4.39 Å². The number of piperazine rings is 1. The standard InChI is InChI=1S/C26H25FN4O6/c1-3-26(35)17-9-20-22-15(11-31(20)23(32)16(17)12-36-24(26)33)13(2)14-8-21(18(27)10-19(14)29-22)37-25(34)30-6-4-28-5-7-30/h8-10,28,35H,3-7,11-12H2,1-2H3/t26-/m0/s1. The van der Waals surface area contributed by atoms with E-state index in [4.69, 9.17) is 9.47 Å². The number of carbonyl (C=O) groups excluding carboxylic acids is 2. The van der Waals surface area contributed by atoms with Crippen LogP contribution in [0.5, 0.6) is 5.75 Å². The molecule has 2 N–H and O–H groups in total. The summed E-state index contributed by atoms with van der Waals surface area (Å²) in [4.78, 5) is 44.5. The summed E-state index contributed by atoms with van der Waals surface area (Å²) in [6.07, 6.45) is -0.574. The maximum Gasteiger partial charge on any atom is 0.415 e. The minimum absolute atomic E-state index is 0.0411. The lowest BCUT2D eigenvalue weighted by Gasteiger charge is -2.31. The fourth-order valence-corrected chi connectivity index (χ4v) is 5.36. The predicted octanol–water partition coefficient (Wildman–Crippen LogP) is 1.93. The maximum atomic E-state index is 15.0. The number of hydrogen-bond donors (Lipinski definition) is 2. The molecule has 1 amide bonds. The number of nitrogens with one attached hydrogen (secondary N) is 1. The van der Waals surface area contributed by atoms with E-state index in [0.717, 1.165) is 11.1 Å². The fourth-order valence-electron chi connectivity index (χ4n) is 5.36. The molecule has 0 spiro atoms. The first-order valence-corrected chi connectivity index (χ1v) is 12.2. The Labute approximate surface area is 210 Å². The van der Waals surface area contributed by atoms with Gasteiger partial charge >= 0.3 is 12.1 Å². The van der Waals surface area contributed by atoms with E-state index in [-0.39, 0.29) is 42.0 Å². The van der Waals surface area contributed by atoms with Crippen LogP contribution in [0.4, 0.5) is 9.18 Å². The van der Waals surface area contributed by atoms with Crippen molar-refractivity contribution in [2.75, 3.05) is 26.2 Å². The molecule has 192 valence electrons. The van der Waals surface area contributed by atoms with Gasteiger partial charge in [0.15, 0.2) is 17.2 Å². The molecule has 6 rings (SSSR count). The average molecular weight is 509 g/mol. The molecule has 0 bridgehead atoms. The van der Waals surface area contributed by atoms with Crippen LogP contribution in [0.1, 0.15) is 35.6 Å². The highest BCUT2D eigenvalue weighted by molar-refractivity contribution is 5.90. The summed E-state index contributed by atoms with van der Waals surface area (Å²) in [6.45, 7) is 5.72. The maximum absolute atomic E-state index is 15.0. The predicted molar refractivity (Wildman–Crippen MR) is 130 cm³/mol. The molecule has 1 aromatic carbocycles. The van der Waals surface area contributed by atoms with Crippen LogP contribution in [0.2, 0.25) is 0 Å². The van der Waals surface area contributed by atoms with E-state index in [1.807, 2.05) is 6.92 Å². The summed E-state index contributed by atoms with van der Waals surface area (Å²) in [5, 5.41) is 14.8. The first-order valence-electron chi connectivity index (χ1n) is 12.2. The Bertz CT molecular complexity index is 1560.